The number of anilines is 2. The highest BCUT2D eigenvalue weighted by Gasteiger charge is 2.09. The fraction of sp³-hybridized carbons (Fsp3) is 0.158. The van der Waals surface area contributed by atoms with Crippen molar-refractivity contribution in [2.75, 3.05) is 23.8 Å². The molecule has 3 rings (SSSR count). The average Bonchev–Trinajstić information content (AvgIpc) is 2.68. The Kier molecular flexibility index (Phi) is 5.31. The summed E-state index contributed by atoms with van der Waals surface area (Å²) in [6.07, 6.45) is 7.53. The molecule has 25 heavy (non-hydrogen) atoms. The highest BCUT2D eigenvalue weighted by Crippen LogP contribution is 2.10. The van der Waals surface area contributed by atoms with Crippen molar-refractivity contribution in [1.29, 1.82) is 0 Å². The van der Waals surface area contributed by atoms with Crippen LogP contribution in [-0.4, -0.2) is 34.5 Å². The van der Waals surface area contributed by atoms with Gasteiger partial charge < -0.3 is 10.2 Å². The van der Waals surface area contributed by atoms with Gasteiger partial charge in [-0.25, -0.2) is 9.97 Å². The first-order valence-electron chi connectivity index (χ1n) is 8.01. The molecule has 0 bridgehead atoms. The molecule has 0 unspecified atom stereocenters. The smallest absolute Gasteiger partial charge is 0.258 e. The zero-order valence-electron chi connectivity index (χ0n) is 14.0. The molecule has 0 aliphatic carbocycles. The maximum Gasteiger partial charge on any atom is 0.258 e. The van der Waals surface area contributed by atoms with Crippen molar-refractivity contribution in [2.45, 2.75) is 6.42 Å². The van der Waals surface area contributed by atoms with Crippen LogP contribution in [0.5, 0.6) is 0 Å². The van der Waals surface area contributed by atoms with E-state index in [1.807, 2.05) is 54.4 Å². The van der Waals surface area contributed by atoms with E-state index in [0.717, 1.165) is 18.7 Å². The van der Waals surface area contributed by atoms with Crippen LogP contribution in [0.4, 0.5) is 11.6 Å². The van der Waals surface area contributed by atoms with Gasteiger partial charge in [-0.15, -0.1) is 0 Å². The van der Waals surface area contributed by atoms with Gasteiger partial charge in [-0.3, -0.25) is 9.78 Å². The molecule has 2 aromatic heterocycles. The molecule has 0 fully saturated rings. The summed E-state index contributed by atoms with van der Waals surface area (Å²) in [6.45, 7) is 0.777. The van der Waals surface area contributed by atoms with E-state index in [4.69, 9.17) is 0 Å². The molecule has 0 aliphatic rings. The van der Waals surface area contributed by atoms with Crippen molar-refractivity contribution in [3.05, 3.63) is 78.4 Å². The monoisotopic (exact) mass is 333 g/mol. The number of carbonyl (C=O) groups excluding carboxylic acids is 1. The Morgan fingerprint density at radius 3 is 2.40 bits per heavy atom. The van der Waals surface area contributed by atoms with Crippen molar-refractivity contribution >= 4 is 17.5 Å². The lowest BCUT2D eigenvalue weighted by molar-refractivity contribution is 0.102. The van der Waals surface area contributed by atoms with Crippen molar-refractivity contribution in [3.63, 3.8) is 0 Å². The molecular formula is C19H19N5O. The summed E-state index contributed by atoms with van der Waals surface area (Å²) in [6, 6.07) is 13.3. The number of nitrogens with zero attached hydrogens (tertiary/aromatic N) is 4. The molecular weight excluding hydrogens is 314 g/mol. The van der Waals surface area contributed by atoms with Gasteiger partial charge in [0.1, 0.15) is 0 Å². The Bertz CT molecular complexity index is 806. The number of likely N-dealkylation sites (N-methyl/N-ethyl adjacent to an activating group) is 1. The van der Waals surface area contributed by atoms with E-state index < -0.39 is 0 Å². The van der Waals surface area contributed by atoms with Gasteiger partial charge in [0.15, 0.2) is 0 Å². The Labute approximate surface area is 146 Å². The second-order valence-electron chi connectivity index (χ2n) is 5.62. The first-order valence-corrected chi connectivity index (χ1v) is 8.01. The molecule has 3 aromatic rings. The Morgan fingerprint density at radius 2 is 1.72 bits per heavy atom. The SMILES string of the molecule is CN(CCc1ccncc1)c1ncc(C(=O)Nc2ccccc2)cn1. The largest absolute Gasteiger partial charge is 0.344 e. The third-order valence-electron chi connectivity index (χ3n) is 3.76. The van der Waals surface area contributed by atoms with Gasteiger partial charge in [-0.05, 0) is 36.2 Å². The quantitative estimate of drug-likeness (QED) is 0.751. The molecule has 6 heteroatoms. The van der Waals surface area contributed by atoms with Crippen LogP contribution in [-0.2, 0) is 6.42 Å². The van der Waals surface area contributed by atoms with Gasteiger partial charge in [0.2, 0.25) is 5.95 Å². The summed E-state index contributed by atoms with van der Waals surface area (Å²) in [5, 5.41) is 2.82. The Morgan fingerprint density at radius 1 is 1.04 bits per heavy atom. The molecule has 0 aliphatic heterocycles. The molecule has 1 amide bonds. The summed E-state index contributed by atoms with van der Waals surface area (Å²) in [5.41, 5.74) is 2.38. The van der Waals surface area contributed by atoms with Crippen LogP contribution < -0.4 is 10.2 Å². The number of hydrogen-bond acceptors (Lipinski definition) is 5. The minimum atomic E-state index is -0.225. The molecule has 126 valence electrons. The van der Waals surface area contributed by atoms with Gasteiger partial charge in [-0.2, -0.15) is 0 Å². The molecule has 1 N–H and O–H groups in total. The highest BCUT2D eigenvalue weighted by atomic mass is 16.1. The third-order valence-corrected chi connectivity index (χ3v) is 3.76. The van der Waals surface area contributed by atoms with Gasteiger partial charge >= 0.3 is 0 Å². The van der Waals surface area contributed by atoms with E-state index in [1.165, 1.54) is 5.56 Å². The van der Waals surface area contributed by atoms with Crippen molar-refractivity contribution < 1.29 is 4.79 Å². The predicted molar refractivity (Wildman–Crippen MR) is 97.6 cm³/mol. The summed E-state index contributed by atoms with van der Waals surface area (Å²) in [5.74, 6) is 0.363. The van der Waals surface area contributed by atoms with Crippen LogP contribution in [0.2, 0.25) is 0 Å². The predicted octanol–water partition coefficient (Wildman–Crippen LogP) is 2.80. The first-order chi connectivity index (χ1) is 12.2. The molecule has 6 nitrogen and oxygen atoms in total. The maximum absolute atomic E-state index is 12.2. The van der Waals surface area contributed by atoms with Crippen LogP contribution >= 0.6 is 0 Å². The summed E-state index contributed by atoms with van der Waals surface area (Å²) < 4.78 is 0. The van der Waals surface area contributed by atoms with Crippen LogP contribution in [0, 0.1) is 0 Å². The molecule has 0 radical (unpaired) electrons. The van der Waals surface area contributed by atoms with E-state index in [2.05, 4.69) is 20.3 Å². The lowest BCUT2D eigenvalue weighted by Gasteiger charge is -2.16. The molecule has 0 saturated heterocycles. The first kappa shape index (κ1) is 16.6. The molecule has 0 spiro atoms. The lowest BCUT2D eigenvalue weighted by Crippen LogP contribution is -2.23. The van der Waals surface area contributed by atoms with Gasteiger partial charge in [-0.1, -0.05) is 18.2 Å². The minimum Gasteiger partial charge on any atom is -0.344 e. The topological polar surface area (TPSA) is 71.0 Å². The maximum atomic E-state index is 12.2. The number of hydrogen-bond donors (Lipinski definition) is 1. The van der Waals surface area contributed by atoms with E-state index >= 15 is 0 Å². The Balaban J connectivity index is 1.58. The molecule has 1 aromatic carbocycles. The molecule has 0 saturated carbocycles. The summed E-state index contributed by atoms with van der Waals surface area (Å²) in [4.78, 5) is 26.8. The number of benzene rings is 1. The Hall–Kier alpha value is -3.28. The third kappa shape index (κ3) is 4.60. The average molecular weight is 333 g/mol. The number of nitrogens with one attached hydrogen (secondary N) is 1. The number of para-hydroxylation sites is 1. The standard InChI is InChI=1S/C19H19N5O/c1-24(12-9-15-7-10-20-11-8-15)19-21-13-16(14-22-19)18(25)23-17-5-3-2-4-6-17/h2-8,10-11,13-14H,9,12H2,1H3,(H,23,25). The van der Waals surface area contributed by atoms with Crippen LogP contribution in [0.25, 0.3) is 0 Å². The highest BCUT2D eigenvalue weighted by molar-refractivity contribution is 6.03. The second-order valence-corrected chi connectivity index (χ2v) is 5.62. The van der Waals surface area contributed by atoms with E-state index in [0.29, 0.717) is 11.5 Å². The zero-order chi connectivity index (χ0) is 17.5. The number of amides is 1. The fourth-order valence-corrected chi connectivity index (χ4v) is 2.31. The van der Waals surface area contributed by atoms with Gasteiger partial charge in [0, 0.05) is 44.1 Å². The number of aromatic nitrogens is 3. The fourth-order valence-electron chi connectivity index (χ4n) is 2.31. The summed E-state index contributed by atoms with van der Waals surface area (Å²) in [7, 11) is 1.93. The second kappa shape index (κ2) is 8.01. The molecule has 2 heterocycles. The lowest BCUT2D eigenvalue weighted by atomic mass is 10.2. The minimum absolute atomic E-state index is 0.225. The van der Waals surface area contributed by atoms with Crippen LogP contribution in [0.1, 0.15) is 15.9 Å². The number of rotatable bonds is 6. The van der Waals surface area contributed by atoms with Crippen molar-refractivity contribution in [3.8, 4) is 0 Å². The summed E-state index contributed by atoms with van der Waals surface area (Å²) >= 11 is 0. The normalized spacial score (nSPS) is 10.3. The zero-order valence-corrected chi connectivity index (χ0v) is 14.0. The van der Waals surface area contributed by atoms with Crippen molar-refractivity contribution in [1.82, 2.24) is 15.0 Å². The van der Waals surface area contributed by atoms with E-state index in [-0.39, 0.29) is 5.91 Å². The van der Waals surface area contributed by atoms with E-state index in [9.17, 15) is 4.79 Å². The van der Waals surface area contributed by atoms with E-state index in [1.54, 1.807) is 24.8 Å². The van der Waals surface area contributed by atoms with Crippen LogP contribution in [0.15, 0.2) is 67.3 Å². The molecule has 0 atom stereocenters. The van der Waals surface area contributed by atoms with Crippen LogP contribution in [0.3, 0.4) is 0 Å². The van der Waals surface area contributed by atoms with Gasteiger partial charge in [0.25, 0.3) is 5.91 Å². The number of pyridine rings is 1. The number of carbonyl (C=O) groups is 1. The van der Waals surface area contributed by atoms with Gasteiger partial charge in [0.05, 0.1) is 5.56 Å². The van der Waals surface area contributed by atoms with Crippen molar-refractivity contribution in [2.24, 2.45) is 0 Å².